The van der Waals surface area contributed by atoms with Crippen LogP contribution in [-0.2, 0) is 11.3 Å². The standard InChI is InChI=1S/C17H24N2O2/c1-17(2,3)21-16(20)19-10-12-6-4-5-7-13(12)14-8-9-18-15(14)11-19/h4-7,14-15,18H,8-11H2,1-3H3. The van der Waals surface area contributed by atoms with Crippen molar-refractivity contribution in [2.24, 2.45) is 0 Å². The van der Waals surface area contributed by atoms with Gasteiger partial charge in [-0.1, -0.05) is 24.3 Å². The van der Waals surface area contributed by atoms with Crippen molar-refractivity contribution in [3.63, 3.8) is 0 Å². The largest absolute Gasteiger partial charge is 0.444 e. The van der Waals surface area contributed by atoms with Gasteiger partial charge in [0.25, 0.3) is 0 Å². The normalized spacial score (nSPS) is 25.0. The van der Waals surface area contributed by atoms with Gasteiger partial charge < -0.3 is 15.0 Å². The van der Waals surface area contributed by atoms with Crippen LogP contribution in [0.2, 0.25) is 0 Å². The minimum Gasteiger partial charge on any atom is -0.444 e. The first kappa shape index (κ1) is 14.4. The van der Waals surface area contributed by atoms with Gasteiger partial charge in [-0.25, -0.2) is 4.79 Å². The Hall–Kier alpha value is -1.55. The molecule has 21 heavy (non-hydrogen) atoms. The number of carbonyl (C=O) groups excluding carboxylic acids is 1. The molecule has 0 aliphatic carbocycles. The highest BCUT2D eigenvalue weighted by Gasteiger charge is 2.36. The third-order valence-corrected chi connectivity index (χ3v) is 4.23. The lowest BCUT2D eigenvalue weighted by Crippen LogP contribution is -2.43. The van der Waals surface area contributed by atoms with Crippen molar-refractivity contribution in [3.8, 4) is 0 Å². The van der Waals surface area contributed by atoms with Crippen LogP contribution in [0.4, 0.5) is 4.79 Å². The quantitative estimate of drug-likeness (QED) is 0.798. The smallest absolute Gasteiger partial charge is 0.410 e. The molecule has 0 spiro atoms. The van der Waals surface area contributed by atoms with Gasteiger partial charge in [0, 0.05) is 25.0 Å². The summed E-state index contributed by atoms with van der Waals surface area (Å²) in [7, 11) is 0. The van der Waals surface area contributed by atoms with Crippen LogP contribution in [0.1, 0.15) is 44.2 Å². The van der Waals surface area contributed by atoms with E-state index in [1.165, 1.54) is 11.1 Å². The summed E-state index contributed by atoms with van der Waals surface area (Å²) in [6.45, 7) is 8.10. The molecule has 3 rings (SSSR count). The zero-order valence-electron chi connectivity index (χ0n) is 13.1. The Morgan fingerprint density at radius 2 is 2.10 bits per heavy atom. The number of amides is 1. The Labute approximate surface area is 126 Å². The minimum atomic E-state index is -0.453. The summed E-state index contributed by atoms with van der Waals surface area (Å²) < 4.78 is 5.56. The topological polar surface area (TPSA) is 41.6 Å². The average Bonchev–Trinajstić information content (AvgIpc) is 2.79. The summed E-state index contributed by atoms with van der Waals surface area (Å²) in [5.41, 5.74) is 2.18. The van der Waals surface area contributed by atoms with E-state index in [4.69, 9.17) is 4.74 Å². The van der Waals surface area contributed by atoms with Crippen molar-refractivity contribution in [1.29, 1.82) is 0 Å². The van der Waals surface area contributed by atoms with Gasteiger partial charge in [-0.2, -0.15) is 0 Å². The molecule has 1 aromatic carbocycles. The van der Waals surface area contributed by atoms with Crippen LogP contribution in [-0.4, -0.2) is 35.7 Å². The molecule has 1 aromatic rings. The van der Waals surface area contributed by atoms with Crippen LogP contribution in [0.5, 0.6) is 0 Å². The number of carbonyl (C=O) groups is 1. The van der Waals surface area contributed by atoms with Gasteiger partial charge in [-0.3, -0.25) is 0 Å². The molecule has 2 unspecified atom stereocenters. The number of nitrogens with one attached hydrogen (secondary N) is 1. The molecule has 1 amide bonds. The van der Waals surface area contributed by atoms with Crippen molar-refractivity contribution in [2.75, 3.05) is 13.1 Å². The maximum atomic E-state index is 12.4. The third kappa shape index (κ3) is 3.05. The van der Waals surface area contributed by atoms with E-state index in [1.807, 2.05) is 25.7 Å². The van der Waals surface area contributed by atoms with Gasteiger partial charge in [0.1, 0.15) is 5.60 Å². The second kappa shape index (κ2) is 5.34. The zero-order chi connectivity index (χ0) is 15.0. The Morgan fingerprint density at radius 3 is 2.86 bits per heavy atom. The molecule has 0 radical (unpaired) electrons. The Bertz CT molecular complexity index is 536. The lowest BCUT2D eigenvalue weighted by Gasteiger charge is -2.28. The molecule has 1 N–H and O–H groups in total. The molecule has 1 fully saturated rings. The molecule has 0 bridgehead atoms. The minimum absolute atomic E-state index is 0.216. The number of nitrogens with zero attached hydrogens (tertiary/aromatic N) is 1. The number of fused-ring (bicyclic) bond motifs is 3. The first-order valence-electron chi connectivity index (χ1n) is 7.73. The van der Waals surface area contributed by atoms with Gasteiger partial charge in [0.2, 0.25) is 0 Å². The van der Waals surface area contributed by atoms with Crippen molar-refractivity contribution < 1.29 is 9.53 Å². The predicted octanol–water partition coefficient (Wildman–Crippen LogP) is 2.88. The van der Waals surface area contributed by atoms with E-state index in [0.29, 0.717) is 25.0 Å². The van der Waals surface area contributed by atoms with Crippen molar-refractivity contribution in [2.45, 2.75) is 51.3 Å². The summed E-state index contributed by atoms with van der Waals surface area (Å²) >= 11 is 0. The molecule has 0 aromatic heterocycles. The van der Waals surface area contributed by atoms with E-state index < -0.39 is 5.60 Å². The van der Waals surface area contributed by atoms with Gasteiger partial charge in [0.05, 0.1) is 0 Å². The Balaban J connectivity index is 1.87. The first-order chi connectivity index (χ1) is 9.94. The molecule has 2 aliphatic rings. The number of benzene rings is 1. The van der Waals surface area contributed by atoms with E-state index in [1.54, 1.807) is 0 Å². The Kier molecular flexibility index (Phi) is 3.66. The van der Waals surface area contributed by atoms with E-state index in [0.717, 1.165) is 13.0 Å². The number of hydrogen-bond acceptors (Lipinski definition) is 3. The highest BCUT2D eigenvalue weighted by Crippen LogP contribution is 2.34. The average molecular weight is 288 g/mol. The van der Waals surface area contributed by atoms with E-state index in [2.05, 4.69) is 29.6 Å². The molecular weight excluding hydrogens is 264 g/mol. The van der Waals surface area contributed by atoms with Crippen LogP contribution >= 0.6 is 0 Å². The van der Waals surface area contributed by atoms with Gasteiger partial charge in [-0.05, 0) is 44.9 Å². The van der Waals surface area contributed by atoms with Crippen molar-refractivity contribution >= 4 is 6.09 Å². The highest BCUT2D eigenvalue weighted by atomic mass is 16.6. The van der Waals surface area contributed by atoms with Gasteiger partial charge >= 0.3 is 6.09 Å². The third-order valence-electron chi connectivity index (χ3n) is 4.23. The molecule has 0 saturated carbocycles. The van der Waals surface area contributed by atoms with E-state index >= 15 is 0 Å². The van der Waals surface area contributed by atoms with Gasteiger partial charge in [-0.15, -0.1) is 0 Å². The number of hydrogen-bond donors (Lipinski definition) is 1. The molecule has 114 valence electrons. The van der Waals surface area contributed by atoms with Crippen LogP contribution in [0.25, 0.3) is 0 Å². The Morgan fingerprint density at radius 1 is 1.33 bits per heavy atom. The van der Waals surface area contributed by atoms with Crippen LogP contribution in [0, 0.1) is 0 Å². The highest BCUT2D eigenvalue weighted by molar-refractivity contribution is 5.68. The van der Waals surface area contributed by atoms with Crippen LogP contribution in [0.3, 0.4) is 0 Å². The van der Waals surface area contributed by atoms with E-state index in [-0.39, 0.29) is 6.09 Å². The summed E-state index contributed by atoms with van der Waals surface area (Å²) in [6, 6.07) is 8.82. The fourth-order valence-electron chi connectivity index (χ4n) is 3.34. The maximum absolute atomic E-state index is 12.4. The fraction of sp³-hybridized carbons (Fsp3) is 0.588. The maximum Gasteiger partial charge on any atom is 0.410 e. The zero-order valence-corrected chi connectivity index (χ0v) is 13.1. The first-order valence-corrected chi connectivity index (χ1v) is 7.73. The van der Waals surface area contributed by atoms with Crippen molar-refractivity contribution in [3.05, 3.63) is 35.4 Å². The van der Waals surface area contributed by atoms with E-state index in [9.17, 15) is 4.79 Å². The summed E-state index contributed by atoms with van der Waals surface area (Å²) in [5.74, 6) is 0.508. The summed E-state index contributed by atoms with van der Waals surface area (Å²) in [4.78, 5) is 14.3. The SMILES string of the molecule is CC(C)(C)OC(=O)N1Cc2ccccc2C2CCNC2C1. The van der Waals surface area contributed by atoms with Gasteiger partial charge in [0.15, 0.2) is 0 Å². The fourth-order valence-corrected chi connectivity index (χ4v) is 3.34. The monoisotopic (exact) mass is 288 g/mol. The summed E-state index contributed by atoms with van der Waals surface area (Å²) in [5, 5.41) is 3.54. The molecular formula is C17H24N2O2. The number of ether oxygens (including phenoxy) is 1. The second-order valence-electron chi connectivity index (χ2n) is 7.02. The van der Waals surface area contributed by atoms with Crippen LogP contribution < -0.4 is 5.32 Å². The molecule has 1 saturated heterocycles. The van der Waals surface area contributed by atoms with Crippen molar-refractivity contribution in [1.82, 2.24) is 10.2 Å². The molecule has 2 heterocycles. The molecule has 4 heteroatoms. The molecule has 4 nitrogen and oxygen atoms in total. The molecule has 2 atom stereocenters. The second-order valence-corrected chi connectivity index (χ2v) is 7.02. The van der Waals surface area contributed by atoms with Crippen LogP contribution in [0.15, 0.2) is 24.3 Å². The summed E-state index contributed by atoms with van der Waals surface area (Å²) in [6.07, 6.45) is 0.927. The molecule has 2 aliphatic heterocycles. The lowest BCUT2D eigenvalue weighted by atomic mass is 9.90. The predicted molar refractivity (Wildman–Crippen MR) is 82.2 cm³/mol. The lowest BCUT2D eigenvalue weighted by molar-refractivity contribution is 0.0223. The number of rotatable bonds is 0.